The molecule has 7 heteroatoms. The average Bonchev–Trinajstić information content (AvgIpc) is 2.93. The second-order valence-electron chi connectivity index (χ2n) is 5.14. The Balaban J connectivity index is 2.08. The van der Waals surface area contributed by atoms with Gasteiger partial charge in [0, 0.05) is 12.6 Å². The van der Waals surface area contributed by atoms with Crippen LogP contribution in [0.3, 0.4) is 0 Å². The second kappa shape index (κ2) is 6.15. The fourth-order valence-electron chi connectivity index (χ4n) is 2.48. The first-order valence-electron chi connectivity index (χ1n) is 7.38. The molecule has 0 saturated heterocycles. The van der Waals surface area contributed by atoms with Crippen LogP contribution in [0.1, 0.15) is 18.7 Å². The second-order valence-corrected chi connectivity index (χ2v) is 5.14. The van der Waals surface area contributed by atoms with Crippen molar-refractivity contribution in [3.8, 4) is 5.75 Å². The van der Waals surface area contributed by atoms with E-state index < -0.39 is 0 Å². The van der Waals surface area contributed by atoms with Crippen molar-refractivity contribution in [2.75, 3.05) is 25.5 Å². The van der Waals surface area contributed by atoms with Gasteiger partial charge in [-0.25, -0.2) is 4.98 Å². The molecule has 3 rings (SSSR count). The van der Waals surface area contributed by atoms with Gasteiger partial charge in [-0.05, 0) is 38.4 Å². The Bertz CT molecular complexity index is 797. The normalized spacial score (nSPS) is 11.2. The maximum Gasteiger partial charge on any atom is 0.204 e. The van der Waals surface area contributed by atoms with Crippen LogP contribution in [0.5, 0.6) is 5.75 Å². The molecular formula is C15H20N6O. The van der Waals surface area contributed by atoms with Crippen molar-refractivity contribution >= 4 is 22.5 Å². The number of methoxy groups -OCH3 is 1. The molecular weight excluding hydrogens is 280 g/mol. The van der Waals surface area contributed by atoms with E-state index in [9.17, 15) is 0 Å². The molecule has 0 fully saturated rings. The first kappa shape index (κ1) is 14.5. The summed E-state index contributed by atoms with van der Waals surface area (Å²) in [7, 11) is 1.65. The summed E-state index contributed by atoms with van der Waals surface area (Å²) in [6.07, 6.45) is 1.98. The number of nitrogens with two attached hydrogens (primary N) is 1. The average molecular weight is 300 g/mol. The standard InChI is InChI=1S/C15H20N6O/c1-10-19-20-15-14(17-8-4-3-7-16)18-12-9-11(22-2)5-6-13(12)21(10)15/h5-6,9H,3-4,7-8,16H2,1-2H3,(H,17,18). The number of anilines is 1. The van der Waals surface area contributed by atoms with Crippen molar-refractivity contribution in [3.63, 3.8) is 0 Å². The largest absolute Gasteiger partial charge is 0.497 e. The molecule has 22 heavy (non-hydrogen) atoms. The lowest BCUT2D eigenvalue weighted by Gasteiger charge is -2.10. The fourth-order valence-corrected chi connectivity index (χ4v) is 2.48. The highest BCUT2D eigenvalue weighted by atomic mass is 16.5. The zero-order chi connectivity index (χ0) is 15.5. The van der Waals surface area contributed by atoms with Gasteiger partial charge in [0.25, 0.3) is 0 Å². The molecule has 0 spiro atoms. The Hall–Kier alpha value is -2.41. The lowest BCUT2D eigenvalue weighted by atomic mass is 10.2. The number of benzene rings is 1. The van der Waals surface area contributed by atoms with E-state index in [1.165, 1.54) is 0 Å². The summed E-state index contributed by atoms with van der Waals surface area (Å²) in [4.78, 5) is 4.68. The molecule has 116 valence electrons. The Morgan fingerprint density at radius 3 is 2.91 bits per heavy atom. The van der Waals surface area contributed by atoms with Crippen molar-refractivity contribution < 1.29 is 4.74 Å². The van der Waals surface area contributed by atoms with Gasteiger partial charge in [0.15, 0.2) is 5.82 Å². The minimum Gasteiger partial charge on any atom is -0.497 e. The van der Waals surface area contributed by atoms with Crippen LogP contribution in [0.15, 0.2) is 18.2 Å². The number of unbranched alkanes of at least 4 members (excludes halogenated alkanes) is 1. The number of aromatic nitrogens is 4. The van der Waals surface area contributed by atoms with Crippen molar-refractivity contribution in [1.29, 1.82) is 0 Å². The Morgan fingerprint density at radius 1 is 1.27 bits per heavy atom. The number of ether oxygens (including phenoxy) is 1. The van der Waals surface area contributed by atoms with Gasteiger partial charge in [0.2, 0.25) is 5.65 Å². The number of hydrogen-bond acceptors (Lipinski definition) is 6. The smallest absolute Gasteiger partial charge is 0.204 e. The van der Waals surface area contributed by atoms with Gasteiger partial charge in [-0.3, -0.25) is 4.40 Å². The van der Waals surface area contributed by atoms with Crippen LogP contribution in [-0.2, 0) is 0 Å². The molecule has 2 heterocycles. The molecule has 2 aromatic heterocycles. The first-order valence-corrected chi connectivity index (χ1v) is 7.38. The van der Waals surface area contributed by atoms with E-state index >= 15 is 0 Å². The maximum atomic E-state index is 5.52. The van der Waals surface area contributed by atoms with E-state index in [0.717, 1.165) is 53.5 Å². The van der Waals surface area contributed by atoms with E-state index in [1.807, 2.05) is 29.5 Å². The number of aryl methyl sites for hydroxylation is 1. The van der Waals surface area contributed by atoms with Gasteiger partial charge in [0.1, 0.15) is 11.6 Å². The summed E-state index contributed by atoms with van der Waals surface area (Å²) < 4.78 is 7.29. The topological polar surface area (TPSA) is 90.4 Å². The molecule has 0 bridgehead atoms. The van der Waals surface area contributed by atoms with Crippen LogP contribution in [0.25, 0.3) is 16.7 Å². The third kappa shape index (κ3) is 2.55. The van der Waals surface area contributed by atoms with E-state index in [4.69, 9.17) is 10.5 Å². The van der Waals surface area contributed by atoms with Crippen LogP contribution in [0.4, 0.5) is 5.82 Å². The Labute approximate surface area is 128 Å². The Morgan fingerprint density at radius 2 is 2.14 bits per heavy atom. The number of rotatable bonds is 6. The molecule has 1 aromatic carbocycles. The molecule has 3 N–H and O–H groups in total. The molecule has 0 unspecified atom stereocenters. The molecule has 0 saturated carbocycles. The van der Waals surface area contributed by atoms with Crippen LogP contribution in [-0.4, -0.2) is 39.8 Å². The summed E-state index contributed by atoms with van der Waals surface area (Å²) in [5, 5.41) is 11.8. The zero-order valence-corrected chi connectivity index (χ0v) is 12.8. The Kier molecular flexibility index (Phi) is 4.06. The minimum absolute atomic E-state index is 0.698. The van der Waals surface area contributed by atoms with Crippen LogP contribution in [0.2, 0.25) is 0 Å². The van der Waals surface area contributed by atoms with Crippen LogP contribution >= 0.6 is 0 Å². The summed E-state index contributed by atoms with van der Waals surface area (Å²) in [5.74, 6) is 2.34. The maximum absolute atomic E-state index is 5.52. The molecule has 3 aromatic rings. The number of hydrogen-bond donors (Lipinski definition) is 2. The van der Waals surface area contributed by atoms with Gasteiger partial charge in [0.05, 0.1) is 18.1 Å². The van der Waals surface area contributed by atoms with Gasteiger partial charge in [-0.1, -0.05) is 0 Å². The molecule has 0 aliphatic heterocycles. The molecule has 0 aliphatic carbocycles. The van der Waals surface area contributed by atoms with E-state index in [1.54, 1.807) is 7.11 Å². The molecule has 0 aliphatic rings. The SMILES string of the molecule is COc1ccc2c(c1)nc(NCCCCN)c1nnc(C)n12. The highest BCUT2D eigenvalue weighted by Gasteiger charge is 2.13. The summed E-state index contributed by atoms with van der Waals surface area (Å²) >= 11 is 0. The summed E-state index contributed by atoms with van der Waals surface area (Å²) in [6, 6.07) is 5.80. The van der Waals surface area contributed by atoms with Gasteiger partial charge in [-0.2, -0.15) is 0 Å². The first-order chi connectivity index (χ1) is 10.7. The molecule has 0 atom stereocenters. The van der Waals surface area contributed by atoms with Crippen molar-refractivity contribution in [2.24, 2.45) is 5.73 Å². The third-order valence-electron chi connectivity index (χ3n) is 3.62. The molecule has 0 amide bonds. The van der Waals surface area contributed by atoms with Gasteiger partial charge < -0.3 is 15.8 Å². The predicted octanol–water partition coefficient (Wildman–Crippen LogP) is 1.75. The highest BCUT2D eigenvalue weighted by Crippen LogP contribution is 2.24. The monoisotopic (exact) mass is 300 g/mol. The van der Waals surface area contributed by atoms with Crippen LogP contribution < -0.4 is 15.8 Å². The number of nitrogens with one attached hydrogen (secondary N) is 1. The van der Waals surface area contributed by atoms with E-state index in [2.05, 4.69) is 20.5 Å². The highest BCUT2D eigenvalue weighted by molar-refractivity contribution is 5.84. The summed E-state index contributed by atoms with van der Waals surface area (Å²) in [6.45, 7) is 3.44. The van der Waals surface area contributed by atoms with E-state index in [0.29, 0.717) is 6.54 Å². The minimum atomic E-state index is 0.698. The quantitative estimate of drug-likeness (QED) is 0.674. The van der Waals surface area contributed by atoms with Gasteiger partial charge in [-0.15, -0.1) is 10.2 Å². The zero-order valence-electron chi connectivity index (χ0n) is 12.8. The number of nitrogens with zero attached hydrogens (tertiary/aromatic N) is 4. The van der Waals surface area contributed by atoms with E-state index in [-0.39, 0.29) is 0 Å². The van der Waals surface area contributed by atoms with Crippen molar-refractivity contribution in [1.82, 2.24) is 19.6 Å². The third-order valence-corrected chi connectivity index (χ3v) is 3.62. The van der Waals surface area contributed by atoms with Crippen LogP contribution in [0, 0.1) is 6.92 Å². The molecule has 7 nitrogen and oxygen atoms in total. The molecule has 0 radical (unpaired) electrons. The lowest BCUT2D eigenvalue weighted by Crippen LogP contribution is -2.08. The van der Waals surface area contributed by atoms with Crippen molar-refractivity contribution in [2.45, 2.75) is 19.8 Å². The van der Waals surface area contributed by atoms with Gasteiger partial charge >= 0.3 is 0 Å². The fraction of sp³-hybridized carbons (Fsp3) is 0.400. The number of fused-ring (bicyclic) bond motifs is 3. The van der Waals surface area contributed by atoms with Crippen molar-refractivity contribution in [3.05, 3.63) is 24.0 Å². The summed E-state index contributed by atoms with van der Waals surface area (Å²) in [5.41, 5.74) is 8.07. The lowest BCUT2D eigenvalue weighted by molar-refractivity contribution is 0.415. The predicted molar refractivity (Wildman–Crippen MR) is 86.4 cm³/mol.